The van der Waals surface area contributed by atoms with Crippen LogP contribution in [0.1, 0.15) is 24.5 Å². The zero-order valence-corrected chi connectivity index (χ0v) is 16.4. The molecule has 0 bridgehead atoms. The predicted octanol–water partition coefficient (Wildman–Crippen LogP) is 5.22. The van der Waals surface area contributed by atoms with Crippen molar-refractivity contribution in [3.8, 4) is 11.5 Å². The van der Waals surface area contributed by atoms with E-state index in [1.807, 2.05) is 0 Å². The number of carbonyl (C=O) groups excluding carboxylic acids is 2. The molecule has 0 fully saturated rings. The number of methoxy groups -OCH3 is 1. The summed E-state index contributed by atoms with van der Waals surface area (Å²) < 4.78 is 15.8. The predicted molar refractivity (Wildman–Crippen MR) is 104 cm³/mol. The van der Waals surface area contributed by atoms with Crippen LogP contribution < -0.4 is 9.47 Å². The molecular weight excluding hydrogens is 391 g/mol. The zero-order valence-electron chi connectivity index (χ0n) is 14.9. The van der Waals surface area contributed by atoms with Crippen molar-refractivity contribution < 1.29 is 23.8 Å². The summed E-state index contributed by atoms with van der Waals surface area (Å²) in [5.74, 6) is 0.215. The topological polar surface area (TPSA) is 61.8 Å². The number of halogens is 2. The first-order valence-electron chi connectivity index (χ1n) is 8.36. The number of alkyl halides is 1. The minimum Gasteiger partial charge on any atom is -0.437 e. The molecule has 3 rings (SSSR count). The molecule has 0 heterocycles. The van der Waals surface area contributed by atoms with Gasteiger partial charge in [-0.05, 0) is 44.4 Å². The Morgan fingerprint density at radius 1 is 1.15 bits per heavy atom. The SMILES string of the molecule is C=C(C)C(=O)Oc1c2c(c(OC(=O)OC)c3cc(Cl)ccc13)CCC(Cl)C2. The summed E-state index contributed by atoms with van der Waals surface area (Å²) in [4.78, 5) is 24.0. The van der Waals surface area contributed by atoms with Gasteiger partial charge in [0.2, 0.25) is 0 Å². The molecule has 7 heteroatoms. The number of ether oxygens (including phenoxy) is 3. The van der Waals surface area contributed by atoms with Gasteiger partial charge in [0.15, 0.2) is 0 Å². The molecule has 2 aromatic rings. The van der Waals surface area contributed by atoms with Gasteiger partial charge in [-0.3, -0.25) is 0 Å². The van der Waals surface area contributed by atoms with Crippen LogP contribution in [0.4, 0.5) is 4.79 Å². The third kappa shape index (κ3) is 3.89. The van der Waals surface area contributed by atoms with Crippen LogP contribution in [0, 0.1) is 0 Å². The molecule has 0 N–H and O–H groups in total. The maximum atomic E-state index is 12.2. The molecule has 1 atom stereocenters. The Balaban J connectivity index is 2.31. The summed E-state index contributed by atoms with van der Waals surface area (Å²) in [5.41, 5.74) is 1.78. The van der Waals surface area contributed by atoms with Crippen molar-refractivity contribution in [3.05, 3.63) is 46.5 Å². The lowest BCUT2D eigenvalue weighted by molar-refractivity contribution is -0.130. The van der Waals surface area contributed by atoms with Crippen molar-refractivity contribution in [3.63, 3.8) is 0 Å². The highest BCUT2D eigenvalue weighted by Gasteiger charge is 2.29. The van der Waals surface area contributed by atoms with Gasteiger partial charge >= 0.3 is 12.1 Å². The van der Waals surface area contributed by atoms with Crippen LogP contribution in [0.3, 0.4) is 0 Å². The summed E-state index contributed by atoms with van der Waals surface area (Å²) >= 11 is 12.5. The third-order valence-electron chi connectivity index (χ3n) is 4.41. The molecule has 0 radical (unpaired) electrons. The molecule has 142 valence electrons. The Bertz CT molecular complexity index is 951. The summed E-state index contributed by atoms with van der Waals surface area (Å²) in [6.07, 6.45) is 0.909. The highest BCUT2D eigenvalue weighted by atomic mass is 35.5. The molecule has 0 saturated carbocycles. The number of hydrogen-bond donors (Lipinski definition) is 0. The van der Waals surface area contributed by atoms with E-state index in [9.17, 15) is 9.59 Å². The van der Waals surface area contributed by atoms with Crippen LogP contribution in [-0.2, 0) is 22.4 Å². The van der Waals surface area contributed by atoms with Crippen LogP contribution >= 0.6 is 23.2 Å². The van der Waals surface area contributed by atoms with E-state index in [1.165, 1.54) is 7.11 Å². The van der Waals surface area contributed by atoms with Crippen LogP contribution in [-0.4, -0.2) is 24.6 Å². The molecule has 1 unspecified atom stereocenters. The lowest BCUT2D eigenvalue weighted by atomic mass is 9.87. The molecule has 5 nitrogen and oxygen atoms in total. The second-order valence-corrected chi connectivity index (χ2v) is 7.43. The van der Waals surface area contributed by atoms with E-state index < -0.39 is 12.1 Å². The van der Waals surface area contributed by atoms with Gasteiger partial charge in [-0.25, -0.2) is 9.59 Å². The first-order chi connectivity index (χ1) is 12.8. The van der Waals surface area contributed by atoms with Crippen molar-refractivity contribution in [1.82, 2.24) is 0 Å². The van der Waals surface area contributed by atoms with Crippen molar-refractivity contribution in [2.75, 3.05) is 7.11 Å². The molecule has 2 aromatic carbocycles. The molecule has 0 amide bonds. The quantitative estimate of drug-likeness (QED) is 0.229. The molecule has 27 heavy (non-hydrogen) atoms. The maximum Gasteiger partial charge on any atom is 0.513 e. The fourth-order valence-electron chi connectivity index (χ4n) is 3.14. The smallest absolute Gasteiger partial charge is 0.437 e. The van der Waals surface area contributed by atoms with Crippen molar-refractivity contribution >= 4 is 46.1 Å². The Kier molecular flexibility index (Phi) is 5.63. The molecule has 0 aromatic heterocycles. The van der Waals surface area contributed by atoms with E-state index in [2.05, 4.69) is 11.3 Å². The Morgan fingerprint density at radius 2 is 1.85 bits per heavy atom. The Hall–Kier alpha value is -2.24. The van der Waals surface area contributed by atoms with Crippen molar-refractivity contribution in [2.45, 2.75) is 31.6 Å². The normalized spacial score (nSPS) is 15.8. The highest BCUT2D eigenvalue weighted by molar-refractivity contribution is 6.31. The van der Waals surface area contributed by atoms with Gasteiger partial charge in [-0.1, -0.05) is 18.2 Å². The molecule has 1 aliphatic carbocycles. The first kappa shape index (κ1) is 19.5. The van der Waals surface area contributed by atoms with E-state index in [0.717, 1.165) is 11.1 Å². The fraction of sp³-hybridized carbons (Fsp3) is 0.300. The lowest BCUT2D eigenvalue weighted by Crippen LogP contribution is -2.20. The minimum atomic E-state index is -0.835. The molecule has 0 spiro atoms. The Morgan fingerprint density at radius 3 is 2.52 bits per heavy atom. The minimum absolute atomic E-state index is 0.115. The van der Waals surface area contributed by atoms with Crippen LogP contribution in [0.15, 0.2) is 30.4 Å². The average molecular weight is 409 g/mol. The highest BCUT2D eigenvalue weighted by Crippen LogP contribution is 2.46. The molecular formula is C20H18Cl2O5. The molecule has 1 aliphatic rings. The van der Waals surface area contributed by atoms with Gasteiger partial charge in [-0.15, -0.1) is 11.6 Å². The number of benzene rings is 2. The number of carbonyl (C=O) groups is 2. The third-order valence-corrected chi connectivity index (χ3v) is 5.02. The average Bonchev–Trinajstić information content (AvgIpc) is 2.63. The van der Waals surface area contributed by atoms with Gasteiger partial charge in [0, 0.05) is 37.9 Å². The van der Waals surface area contributed by atoms with Crippen molar-refractivity contribution in [2.24, 2.45) is 0 Å². The number of hydrogen-bond acceptors (Lipinski definition) is 5. The first-order valence-corrected chi connectivity index (χ1v) is 9.17. The maximum absolute atomic E-state index is 12.2. The van der Waals surface area contributed by atoms with Gasteiger partial charge in [0.25, 0.3) is 0 Å². The number of rotatable bonds is 3. The molecule has 0 saturated heterocycles. The molecule has 0 aliphatic heterocycles. The zero-order chi connectivity index (χ0) is 19.7. The van der Waals surface area contributed by atoms with E-state index in [1.54, 1.807) is 25.1 Å². The van der Waals surface area contributed by atoms with E-state index in [0.29, 0.717) is 46.6 Å². The monoisotopic (exact) mass is 408 g/mol. The van der Waals surface area contributed by atoms with Crippen LogP contribution in [0.5, 0.6) is 11.5 Å². The van der Waals surface area contributed by atoms with E-state index >= 15 is 0 Å². The Labute approximate surface area is 166 Å². The standard InChI is InChI=1S/C20H18Cl2O5/c1-10(2)19(23)26-17-13-6-4-12(22)9-16(13)18(27-20(24)25-3)14-7-5-11(21)8-15(14)17/h4,6,9,11H,1,5,7-8H2,2-3H3. The second kappa shape index (κ2) is 7.79. The van der Waals surface area contributed by atoms with Crippen LogP contribution in [0.2, 0.25) is 5.02 Å². The second-order valence-electron chi connectivity index (χ2n) is 6.37. The largest absolute Gasteiger partial charge is 0.513 e. The van der Waals surface area contributed by atoms with Crippen LogP contribution in [0.25, 0.3) is 10.8 Å². The summed E-state index contributed by atoms with van der Waals surface area (Å²) in [6, 6.07) is 5.07. The van der Waals surface area contributed by atoms with Gasteiger partial charge in [0.05, 0.1) is 7.11 Å². The van der Waals surface area contributed by atoms with E-state index in [-0.39, 0.29) is 11.0 Å². The summed E-state index contributed by atoms with van der Waals surface area (Å²) in [7, 11) is 1.24. The summed E-state index contributed by atoms with van der Waals surface area (Å²) in [5, 5.41) is 1.50. The summed E-state index contributed by atoms with van der Waals surface area (Å²) in [6.45, 7) is 5.21. The van der Waals surface area contributed by atoms with Gasteiger partial charge in [0.1, 0.15) is 11.5 Å². The van der Waals surface area contributed by atoms with Gasteiger partial charge in [-0.2, -0.15) is 0 Å². The fourth-order valence-corrected chi connectivity index (χ4v) is 3.58. The van der Waals surface area contributed by atoms with E-state index in [4.69, 9.17) is 32.7 Å². The number of esters is 1. The van der Waals surface area contributed by atoms with Gasteiger partial charge < -0.3 is 14.2 Å². The lowest BCUT2D eigenvalue weighted by Gasteiger charge is -2.26. The van der Waals surface area contributed by atoms with Crippen molar-refractivity contribution in [1.29, 1.82) is 0 Å². The number of fused-ring (bicyclic) bond motifs is 2.